The molecule has 6 heteroatoms. The number of hydroxylamine groups is 2. The number of esters is 1. The third-order valence-corrected chi connectivity index (χ3v) is 3.79. The Morgan fingerprint density at radius 3 is 2.64 bits per heavy atom. The highest BCUT2D eigenvalue weighted by molar-refractivity contribution is 5.92. The highest BCUT2D eigenvalue weighted by atomic mass is 16.7. The predicted molar refractivity (Wildman–Crippen MR) is 83.4 cm³/mol. The molecule has 0 aromatic carbocycles. The van der Waals surface area contributed by atoms with E-state index in [0.717, 1.165) is 43.7 Å². The molecule has 1 aromatic heterocycles. The summed E-state index contributed by atoms with van der Waals surface area (Å²) in [6.45, 7) is 8.56. The molecule has 0 saturated heterocycles. The first-order valence-electron chi connectivity index (χ1n) is 7.81. The lowest BCUT2D eigenvalue weighted by Gasteiger charge is -2.27. The average Bonchev–Trinajstić information content (AvgIpc) is 2.82. The second-order valence-corrected chi connectivity index (χ2v) is 6.98. The van der Waals surface area contributed by atoms with Gasteiger partial charge in [-0.05, 0) is 24.7 Å². The second-order valence-electron chi connectivity index (χ2n) is 6.98. The van der Waals surface area contributed by atoms with Crippen LogP contribution in [0.1, 0.15) is 55.4 Å². The zero-order valence-electron chi connectivity index (χ0n) is 14.3. The fourth-order valence-electron chi connectivity index (χ4n) is 2.87. The smallest absolute Gasteiger partial charge is 0.341 e. The van der Waals surface area contributed by atoms with Crippen LogP contribution >= 0.6 is 0 Å². The topological polar surface area (TPSA) is 56.6 Å². The van der Waals surface area contributed by atoms with Gasteiger partial charge in [0.25, 0.3) is 0 Å². The maximum absolute atomic E-state index is 12.2. The summed E-state index contributed by atoms with van der Waals surface area (Å²) in [5.74, 6) is -0.301. The first-order valence-corrected chi connectivity index (χ1v) is 7.81. The van der Waals surface area contributed by atoms with Crippen molar-refractivity contribution < 1.29 is 14.4 Å². The molecule has 1 aromatic rings. The van der Waals surface area contributed by atoms with E-state index < -0.39 is 0 Å². The number of hydrogen-bond acceptors (Lipinski definition) is 5. The molecule has 0 unspecified atom stereocenters. The Labute approximate surface area is 132 Å². The number of ether oxygens (including phenoxy) is 1. The first-order chi connectivity index (χ1) is 10.4. The summed E-state index contributed by atoms with van der Waals surface area (Å²) in [5, 5.41) is 6.48. The minimum Gasteiger partial charge on any atom is -0.465 e. The van der Waals surface area contributed by atoms with Gasteiger partial charge in [-0.1, -0.05) is 20.8 Å². The molecule has 1 aliphatic heterocycles. The van der Waals surface area contributed by atoms with Crippen LogP contribution in [-0.4, -0.2) is 41.6 Å². The minimum atomic E-state index is -0.301. The number of aryl methyl sites for hydroxylation is 1. The molecular formula is C16H27N3O3. The number of hydrogen-bond donors (Lipinski definition) is 0. The van der Waals surface area contributed by atoms with E-state index in [1.54, 1.807) is 7.11 Å². The van der Waals surface area contributed by atoms with E-state index in [2.05, 4.69) is 25.9 Å². The standard InChI is InChI=1S/C16H27N3O3/c1-16(2,3)11-18(22-5)10-12-14(15(20)21-4)13-8-6-7-9-19(13)17-12/h6-11H2,1-5H3. The summed E-state index contributed by atoms with van der Waals surface area (Å²) in [5.41, 5.74) is 2.47. The van der Waals surface area contributed by atoms with Gasteiger partial charge in [0, 0.05) is 13.1 Å². The summed E-state index contributed by atoms with van der Waals surface area (Å²) < 4.78 is 6.92. The van der Waals surface area contributed by atoms with Crippen LogP contribution in [0, 0.1) is 5.41 Å². The summed E-state index contributed by atoms with van der Waals surface area (Å²) in [6, 6.07) is 0. The van der Waals surface area contributed by atoms with Crippen molar-refractivity contribution in [1.82, 2.24) is 14.8 Å². The summed E-state index contributed by atoms with van der Waals surface area (Å²) in [4.78, 5) is 17.7. The molecule has 1 aliphatic rings. The van der Waals surface area contributed by atoms with Crippen molar-refractivity contribution in [3.05, 3.63) is 17.0 Å². The predicted octanol–water partition coefficient (Wildman–Crippen LogP) is 2.42. The Balaban J connectivity index is 2.29. The molecule has 22 heavy (non-hydrogen) atoms. The highest BCUT2D eigenvalue weighted by Gasteiger charge is 2.28. The van der Waals surface area contributed by atoms with Crippen molar-refractivity contribution in [3.63, 3.8) is 0 Å². The van der Waals surface area contributed by atoms with Crippen molar-refractivity contribution in [1.29, 1.82) is 0 Å². The van der Waals surface area contributed by atoms with E-state index >= 15 is 0 Å². The Kier molecular flexibility index (Phi) is 5.24. The van der Waals surface area contributed by atoms with Gasteiger partial charge in [-0.25, -0.2) is 4.79 Å². The van der Waals surface area contributed by atoms with Crippen molar-refractivity contribution in [2.24, 2.45) is 5.41 Å². The van der Waals surface area contributed by atoms with Crippen LogP contribution in [0.4, 0.5) is 0 Å². The third kappa shape index (κ3) is 3.87. The van der Waals surface area contributed by atoms with Crippen molar-refractivity contribution in [2.45, 2.75) is 53.1 Å². The van der Waals surface area contributed by atoms with Crippen LogP contribution in [0.2, 0.25) is 0 Å². The van der Waals surface area contributed by atoms with Crippen molar-refractivity contribution in [3.8, 4) is 0 Å². The summed E-state index contributed by atoms with van der Waals surface area (Å²) >= 11 is 0. The van der Waals surface area contributed by atoms with E-state index in [1.807, 2.05) is 9.75 Å². The Hall–Kier alpha value is -1.40. The largest absolute Gasteiger partial charge is 0.465 e. The number of nitrogens with zero attached hydrogens (tertiary/aromatic N) is 3. The van der Waals surface area contributed by atoms with Crippen molar-refractivity contribution >= 4 is 5.97 Å². The van der Waals surface area contributed by atoms with E-state index in [9.17, 15) is 4.79 Å². The fourth-order valence-corrected chi connectivity index (χ4v) is 2.87. The molecular weight excluding hydrogens is 282 g/mol. The number of carbonyl (C=O) groups excluding carboxylic acids is 1. The van der Waals surface area contributed by atoms with Gasteiger partial charge in [-0.15, -0.1) is 0 Å². The van der Waals surface area contributed by atoms with Crippen LogP contribution in [0.3, 0.4) is 0 Å². The number of aromatic nitrogens is 2. The minimum absolute atomic E-state index is 0.0980. The first kappa shape index (κ1) is 17.0. The quantitative estimate of drug-likeness (QED) is 0.617. The van der Waals surface area contributed by atoms with Crippen molar-refractivity contribution in [2.75, 3.05) is 20.8 Å². The highest BCUT2D eigenvalue weighted by Crippen LogP contribution is 2.25. The van der Waals surface area contributed by atoms with Gasteiger partial charge < -0.3 is 9.57 Å². The second kappa shape index (κ2) is 6.79. The maximum Gasteiger partial charge on any atom is 0.341 e. The Morgan fingerprint density at radius 1 is 1.32 bits per heavy atom. The van der Waals surface area contributed by atoms with Crippen LogP contribution in [0.15, 0.2) is 0 Å². The molecule has 0 spiro atoms. The normalized spacial score (nSPS) is 15.0. The van der Waals surface area contributed by atoms with E-state index in [1.165, 1.54) is 7.11 Å². The zero-order valence-corrected chi connectivity index (χ0v) is 14.3. The SMILES string of the molecule is COC(=O)c1c(CN(CC(C)(C)C)OC)nn2c1CCCC2. The molecule has 0 fully saturated rings. The Morgan fingerprint density at radius 2 is 2.05 bits per heavy atom. The molecule has 2 heterocycles. The zero-order chi connectivity index (χ0) is 16.3. The van der Waals surface area contributed by atoms with E-state index in [0.29, 0.717) is 12.1 Å². The molecule has 0 aliphatic carbocycles. The maximum atomic E-state index is 12.2. The molecule has 0 bridgehead atoms. The molecule has 0 radical (unpaired) electrons. The summed E-state index contributed by atoms with van der Waals surface area (Å²) in [7, 11) is 3.07. The lowest BCUT2D eigenvalue weighted by Crippen LogP contribution is -2.32. The number of methoxy groups -OCH3 is 1. The molecule has 0 amide bonds. The van der Waals surface area contributed by atoms with Crippen LogP contribution in [-0.2, 0) is 29.1 Å². The van der Waals surface area contributed by atoms with Gasteiger partial charge in [-0.3, -0.25) is 4.68 Å². The molecule has 124 valence electrons. The van der Waals surface area contributed by atoms with E-state index in [-0.39, 0.29) is 11.4 Å². The van der Waals surface area contributed by atoms with Crippen LogP contribution < -0.4 is 0 Å². The molecule has 0 N–H and O–H groups in total. The molecule has 6 nitrogen and oxygen atoms in total. The summed E-state index contributed by atoms with van der Waals surface area (Å²) in [6.07, 6.45) is 3.07. The lowest BCUT2D eigenvalue weighted by molar-refractivity contribution is -0.155. The van der Waals surface area contributed by atoms with Gasteiger partial charge in [0.05, 0.1) is 32.2 Å². The number of rotatable bonds is 5. The van der Waals surface area contributed by atoms with Gasteiger partial charge in [0.1, 0.15) is 5.56 Å². The van der Waals surface area contributed by atoms with Gasteiger partial charge in [-0.2, -0.15) is 10.2 Å². The van der Waals surface area contributed by atoms with Gasteiger partial charge in [0.15, 0.2) is 0 Å². The fraction of sp³-hybridized carbons (Fsp3) is 0.750. The Bertz CT molecular complexity index is 531. The molecule has 2 rings (SSSR count). The number of carbonyl (C=O) groups is 1. The molecule has 0 atom stereocenters. The monoisotopic (exact) mass is 309 g/mol. The van der Waals surface area contributed by atoms with Crippen LogP contribution in [0.5, 0.6) is 0 Å². The number of fused-ring (bicyclic) bond motifs is 1. The van der Waals surface area contributed by atoms with E-state index in [4.69, 9.17) is 9.57 Å². The van der Waals surface area contributed by atoms with Gasteiger partial charge >= 0.3 is 5.97 Å². The third-order valence-electron chi connectivity index (χ3n) is 3.79. The average molecular weight is 309 g/mol. The lowest BCUT2D eigenvalue weighted by atomic mass is 9.96. The van der Waals surface area contributed by atoms with Crippen LogP contribution in [0.25, 0.3) is 0 Å². The molecule has 0 saturated carbocycles. The van der Waals surface area contributed by atoms with Gasteiger partial charge in [0.2, 0.25) is 0 Å².